The minimum absolute atomic E-state index is 0.0176. The first-order valence-electron chi connectivity index (χ1n) is 11.8. The first kappa shape index (κ1) is 25.2. The van der Waals surface area contributed by atoms with Gasteiger partial charge in [-0.25, -0.2) is 4.98 Å². The van der Waals surface area contributed by atoms with Crippen LogP contribution in [0.2, 0.25) is 5.02 Å². The zero-order chi connectivity index (χ0) is 26.4. The monoisotopic (exact) mass is 529 g/mol. The molecule has 6 nitrogen and oxygen atoms in total. The quantitative estimate of drug-likeness (QED) is 0.446. The van der Waals surface area contributed by atoms with Gasteiger partial charge in [0.25, 0.3) is 11.8 Å². The molecule has 2 heterocycles. The van der Waals surface area contributed by atoms with Crippen LogP contribution in [-0.2, 0) is 11.6 Å². The second-order valence-corrected chi connectivity index (χ2v) is 9.93. The van der Waals surface area contributed by atoms with Crippen molar-refractivity contribution in [2.24, 2.45) is 0 Å². The van der Waals surface area contributed by atoms with Gasteiger partial charge < -0.3 is 15.3 Å². The molecule has 0 unspecified atom stereocenters. The lowest BCUT2D eigenvalue weighted by Gasteiger charge is -2.46. The maximum absolute atomic E-state index is 13.5. The van der Waals surface area contributed by atoms with Gasteiger partial charge in [-0.15, -0.1) is 0 Å². The lowest BCUT2D eigenvalue weighted by molar-refractivity contribution is -0.137. The third kappa shape index (κ3) is 4.81. The summed E-state index contributed by atoms with van der Waals surface area (Å²) in [5, 5.41) is 12.9. The number of aliphatic hydroxyl groups is 1. The summed E-state index contributed by atoms with van der Waals surface area (Å²) in [5.74, 6) is -1.23. The number of alkyl halides is 3. The summed E-state index contributed by atoms with van der Waals surface area (Å²) in [7, 11) is 0. The van der Waals surface area contributed by atoms with Crippen molar-refractivity contribution in [2.45, 2.75) is 43.4 Å². The molecule has 0 atom stereocenters. The van der Waals surface area contributed by atoms with Gasteiger partial charge in [-0.05, 0) is 73.7 Å². The zero-order valence-corrected chi connectivity index (χ0v) is 20.3. The van der Waals surface area contributed by atoms with Crippen molar-refractivity contribution in [3.63, 3.8) is 0 Å². The predicted molar refractivity (Wildman–Crippen MR) is 133 cm³/mol. The zero-order valence-electron chi connectivity index (χ0n) is 19.6. The summed E-state index contributed by atoms with van der Waals surface area (Å²) >= 11 is 6.28. The summed E-state index contributed by atoms with van der Waals surface area (Å²) in [6.07, 6.45) is -0.956. The molecule has 0 bridgehead atoms. The van der Waals surface area contributed by atoms with E-state index < -0.39 is 23.2 Å². The Labute approximate surface area is 216 Å². The van der Waals surface area contributed by atoms with E-state index in [2.05, 4.69) is 10.3 Å². The number of aromatic nitrogens is 1. The summed E-state index contributed by atoms with van der Waals surface area (Å²) < 4.78 is 39.8. The average Bonchev–Trinajstić information content (AvgIpc) is 3.00. The van der Waals surface area contributed by atoms with Crippen LogP contribution in [0.3, 0.4) is 0 Å². The van der Waals surface area contributed by atoms with Gasteiger partial charge in [0.1, 0.15) is 5.82 Å². The van der Waals surface area contributed by atoms with E-state index in [0.29, 0.717) is 24.4 Å². The number of halogens is 4. The molecule has 1 aliphatic carbocycles. The Kier molecular flexibility index (Phi) is 6.45. The molecule has 2 aromatic carbocycles. The van der Waals surface area contributed by atoms with Crippen LogP contribution in [0.4, 0.5) is 24.7 Å². The molecule has 1 fully saturated rings. The molecular weight excluding hydrogens is 507 g/mol. The average molecular weight is 530 g/mol. The summed E-state index contributed by atoms with van der Waals surface area (Å²) in [5.41, 5.74) is 0.159. The topological polar surface area (TPSA) is 82.5 Å². The van der Waals surface area contributed by atoms with Crippen LogP contribution < -0.4 is 10.2 Å². The number of rotatable bonds is 3. The van der Waals surface area contributed by atoms with Gasteiger partial charge in [0, 0.05) is 28.9 Å². The highest BCUT2D eigenvalue weighted by Crippen LogP contribution is 2.52. The molecule has 2 aliphatic rings. The Balaban J connectivity index is 1.37. The van der Waals surface area contributed by atoms with Gasteiger partial charge in [-0.1, -0.05) is 23.7 Å². The van der Waals surface area contributed by atoms with E-state index in [0.717, 1.165) is 36.2 Å². The van der Waals surface area contributed by atoms with E-state index in [9.17, 15) is 27.9 Å². The highest BCUT2D eigenvalue weighted by atomic mass is 35.5. The number of hydrogen-bond acceptors (Lipinski definition) is 4. The first-order valence-corrected chi connectivity index (χ1v) is 12.2. The number of pyridine rings is 1. The van der Waals surface area contributed by atoms with Crippen molar-refractivity contribution in [3.8, 4) is 0 Å². The fraction of sp³-hybridized carbons (Fsp3) is 0.296. The molecule has 2 N–H and O–H groups in total. The third-order valence-electron chi connectivity index (χ3n) is 7.08. The lowest BCUT2D eigenvalue weighted by atomic mass is 9.60. The van der Waals surface area contributed by atoms with Gasteiger partial charge in [0.05, 0.1) is 22.8 Å². The standard InChI is InChI=1S/C27H23ClF3N3O3/c28-17-7-8-22-21(12-17)26(13-18(35)14-26)10-3-11-34(22)25(37)16-6-9-23(32-15-16)33-24(36)19-4-1-2-5-20(19)27(29,30)31/h1-2,4-9,12,15,18,35H,3,10-11,13-14H2,(H,32,33,36). The molecular formula is C27H23ClF3N3O3. The van der Waals surface area contributed by atoms with Gasteiger partial charge in [0.2, 0.25) is 0 Å². The lowest BCUT2D eigenvalue weighted by Crippen LogP contribution is -2.44. The molecule has 2 amide bonds. The van der Waals surface area contributed by atoms with Gasteiger partial charge >= 0.3 is 6.18 Å². The largest absolute Gasteiger partial charge is 0.417 e. The number of aliphatic hydroxyl groups excluding tert-OH is 1. The van der Waals surface area contributed by atoms with E-state index in [1.807, 2.05) is 12.1 Å². The Morgan fingerprint density at radius 1 is 1.11 bits per heavy atom. The minimum atomic E-state index is -4.68. The summed E-state index contributed by atoms with van der Waals surface area (Å²) in [4.78, 5) is 31.8. The molecule has 1 saturated carbocycles. The number of anilines is 2. The molecule has 10 heteroatoms. The van der Waals surface area contributed by atoms with E-state index >= 15 is 0 Å². The van der Waals surface area contributed by atoms with Gasteiger partial charge in [0.15, 0.2) is 0 Å². The Bertz CT molecular complexity index is 1350. The number of fused-ring (bicyclic) bond motifs is 2. The molecule has 0 radical (unpaired) electrons. The number of hydrogen-bond donors (Lipinski definition) is 2. The maximum atomic E-state index is 13.5. The number of nitrogens with one attached hydrogen (secondary N) is 1. The smallest absolute Gasteiger partial charge is 0.393 e. The summed E-state index contributed by atoms with van der Waals surface area (Å²) in [6.45, 7) is 0.470. The van der Waals surface area contributed by atoms with Crippen molar-refractivity contribution in [2.75, 3.05) is 16.8 Å². The Hall–Kier alpha value is -3.43. The van der Waals surface area contributed by atoms with E-state index in [-0.39, 0.29) is 28.8 Å². The predicted octanol–water partition coefficient (Wildman–Crippen LogP) is 5.84. The normalized spacial score (nSPS) is 21.1. The molecule has 37 heavy (non-hydrogen) atoms. The third-order valence-corrected chi connectivity index (χ3v) is 7.32. The van der Waals surface area contributed by atoms with Crippen LogP contribution in [0, 0.1) is 0 Å². The first-order chi connectivity index (χ1) is 17.6. The number of benzene rings is 2. The molecule has 5 rings (SSSR count). The molecule has 1 aliphatic heterocycles. The van der Waals surface area contributed by atoms with E-state index in [1.54, 1.807) is 11.0 Å². The van der Waals surface area contributed by atoms with Crippen molar-refractivity contribution >= 4 is 34.9 Å². The van der Waals surface area contributed by atoms with Gasteiger partial charge in [-0.3, -0.25) is 9.59 Å². The number of carbonyl (C=O) groups is 2. The molecule has 0 saturated heterocycles. The maximum Gasteiger partial charge on any atom is 0.417 e. The van der Waals surface area contributed by atoms with Crippen LogP contribution in [0.1, 0.15) is 57.5 Å². The van der Waals surface area contributed by atoms with Crippen LogP contribution in [0.25, 0.3) is 0 Å². The van der Waals surface area contributed by atoms with Crippen molar-refractivity contribution in [1.29, 1.82) is 0 Å². The molecule has 192 valence electrons. The molecule has 1 aromatic heterocycles. The Morgan fingerprint density at radius 3 is 2.54 bits per heavy atom. The second kappa shape index (κ2) is 9.46. The van der Waals surface area contributed by atoms with Gasteiger partial charge in [-0.2, -0.15) is 13.2 Å². The number of nitrogens with zero attached hydrogens (tertiary/aromatic N) is 2. The van der Waals surface area contributed by atoms with Crippen LogP contribution in [0.5, 0.6) is 0 Å². The fourth-order valence-corrected chi connectivity index (χ4v) is 5.51. The van der Waals surface area contributed by atoms with Crippen LogP contribution in [-0.4, -0.2) is 34.6 Å². The number of amides is 2. The SMILES string of the molecule is O=C(Nc1ccc(C(=O)N2CCCC3(CC(O)C3)c3cc(Cl)ccc32)cn1)c1ccccc1C(F)(F)F. The van der Waals surface area contributed by atoms with Crippen molar-refractivity contribution in [3.05, 3.63) is 88.1 Å². The fourth-order valence-electron chi connectivity index (χ4n) is 5.34. The minimum Gasteiger partial charge on any atom is -0.393 e. The Morgan fingerprint density at radius 2 is 1.86 bits per heavy atom. The second-order valence-electron chi connectivity index (χ2n) is 9.49. The number of carbonyl (C=O) groups excluding carboxylic acids is 2. The van der Waals surface area contributed by atoms with Crippen LogP contribution in [0.15, 0.2) is 60.8 Å². The molecule has 1 spiro atoms. The van der Waals surface area contributed by atoms with Crippen molar-refractivity contribution < 1.29 is 27.9 Å². The van der Waals surface area contributed by atoms with E-state index in [4.69, 9.17) is 11.6 Å². The van der Waals surface area contributed by atoms with Crippen molar-refractivity contribution in [1.82, 2.24) is 4.98 Å². The molecule has 3 aromatic rings. The highest BCUT2D eigenvalue weighted by molar-refractivity contribution is 6.30. The highest BCUT2D eigenvalue weighted by Gasteiger charge is 2.47. The van der Waals surface area contributed by atoms with E-state index in [1.165, 1.54) is 30.5 Å². The summed E-state index contributed by atoms with van der Waals surface area (Å²) in [6, 6.07) is 12.7. The van der Waals surface area contributed by atoms with Crippen LogP contribution >= 0.6 is 11.6 Å².